The van der Waals surface area contributed by atoms with Gasteiger partial charge in [-0.05, 0) is 37.3 Å². The van der Waals surface area contributed by atoms with Crippen LogP contribution in [0.4, 0.5) is 5.69 Å². The molecule has 2 unspecified atom stereocenters. The van der Waals surface area contributed by atoms with Crippen LogP contribution in [0, 0.1) is 5.92 Å². The van der Waals surface area contributed by atoms with Crippen LogP contribution < -0.4 is 10.2 Å². The Morgan fingerprint density at radius 3 is 2.97 bits per heavy atom. The van der Waals surface area contributed by atoms with Gasteiger partial charge in [-0.25, -0.2) is 0 Å². The Morgan fingerprint density at radius 2 is 2.22 bits per heavy atom. The highest BCUT2D eigenvalue weighted by atomic mass is 127. The van der Waals surface area contributed by atoms with Crippen molar-refractivity contribution in [3.05, 3.63) is 29.8 Å². The van der Waals surface area contributed by atoms with Crippen LogP contribution in [-0.2, 0) is 14.3 Å². The molecule has 0 aliphatic carbocycles. The largest absolute Gasteiger partial charge is 0.381 e. The highest BCUT2D eigenvalue weighted by Crippen LogP contribution is 2.38. The number of nitrogens with zero attached hydrogens (tertiary/aromatic N) is 3. The van der Waals surface area contributed by atoms with Gasteiger partial charge in [0.05, 0.1) is 13.2 Å². The van der Waals surface area contributed by atoms with Crippen molar-refractivity contribution in [2.75, 3.05) is 64.6 Å². The molecule has 2 atom stereocenters. The van der Waals surface area contributed by atoms with Gasteiger partial charge in [0.15, 0.2) is 5.96 Å². The molecular weight excluding hydrogens is 519 g/mol. The number of hydrogen-bond donors (Lipinski definition) is 1. The molecule has 2 fully saturated rings. The van der Waals surface area contributed by atoms with Crippen LogP contribution in [0.25, 0.3) is 0 Å². The van der Waals surface area contributed by atoms with E-state index in [1.54, 1.807) is 0 Å². The molecule has 8 heteroatoms. The maximum Gasteiger partial charge on any atom is 0.222 e. The van der Waals surface area contributed by atoms with Crippen LogP contribution in [0.5, 0.6) is 0 Å². The number of rotatable bonds is 9. The zero-order valence-corrected chi connectivity index (χ0v) is 21.5. The lowest BCUT2D eigenvalue weighted by Crippen LogP contribution is -2.41. The third-order valence-corrected chi connectivity index (χ3v) is 6.58. The van der Waals surface area contributed by atoms with E-state index in [-0.39, 0.29) is 24.0 Å². The van der Waals surface area contributed by atoms with E-state index in [0.717, 1.165) is 84.2 Å². The summed E-state index contributed by atoms with van der Waals surface area (Å²) in [6, 6.07) is 8.60. The van der Waals surface area contributed by atoms with Crippen molar-refractivity contribution < 1.29 is 14.3 Å². The number of fused-ring (bicyclic) bond motifs is 1. The van der Waals surface area contributed by atoms with Crippen LogP contribution in [0.15, 0.2) is 29.3 Å². The van der Waals surface area contributed by atoms with Crippen molar-refractivity contribution in [2.45, 2.75) is 38.0 Å². The summed E-state index contributed by atoms with van der Waals surface area (Å²) in [7, 11) is 1.85. The molecule has 0 radical (unpaired) electrons. The molecule has 0 bridgehead atoms. The summed E-state index contributed by atoms with van der Waals surface area (Å²) in [5, 5.41) is 3.51. The monoisotopic (exact) mass is 556 g/mol. The van der Waals surface area contributed by atoms with Crippen molar-refractivity contribution in [1.29, 1.82) is 0 Å². The molecule has 1 amide bonds. The molecule has 3 heterocycles. The average Bonchev–Trinajstić information content (AvgIpc) is 3.53. The maximum atomic E-state index is 12.0. The highest BCUT2D eigenvalue weighted by Gasteiger charge is 2.32. The predicted octanol–water partition coefficient (Wildman–Crippen LogP) is 3.24. The Bertz CT molecular complexity index is 769. The van der Waals surface area contributed by atoms with Crippen LogP contribution in [0.1, 0.15) is 43.6 Å². The molecular formula is C24H37IN4O3. The van der Waals surface area contributed by atoms with Crippen molar-refractivity contribution >= 4 is 41.5 Å². The van der Waals surface area contributed by atoms with Gasteiger partial charge in [0.1, 0.15) is 0 Å². The zero-order chi connectivity index (χ0) is 21.5. The summed E-state index contributed by atoms with van der Waals surface area (Å²) in [4.78, 5) is 20.8. The number of carbonyl (C=O) groups is 1. The van der Waals surface area contributed by atoms with Gasteiger partial charge >= 0.3 is 0 Å². The van der Waals surface area contributed by atoms with Gasteiger partial charge in [-0.3, -0.25) is 9.79 Å². The lowest BCUT2D eigenvalue weighted by molar-refractivity contribution is -0.127. The van der Waals surface area contributed by atoms with Gasteiger partial charge in [0, 0.05) is 70.4 Å². The minimum absolute atomic E-state index is 0. The SMILES string of the molecule is CN=C(NCCCOCC1CCOC1)N1CC(CCN2CCCC2=O)c2ccccc21.I. The van der Waals surface area contributed by atoms with Gasteiger partial charge in [-0.1, -0.05) is 18.2 Å². The summed E-state index contributed by atoms with van der Waals surface area (Å²) in [6.07, 6.45) is 4.77. The van der Waals surface area contributed by atoms with Crippen LogP contribution >= 0.6 is 24.0 Å². The van der Waals surface area contributed by atoms with Crippen molar-refractivity contribution in [2.24, 2.45) is 10.9 Å². The molecule has 0 spiro atoms. The second kappa shape index (κ2) is 12.7. The molecule has 178 valence electrons. The minimum Gasteiger partial charge on any atom is -0.381 e. The smallest absolute Gasteiger partial charge is 0.222 e. The second-order valence-corrected chi connectivity index (χ2v) is 8.77. The van der Waals surface area contributed by atoms with Gasteiger partial charge in [-0.15, -0.1) is 24.0 Å². The maximum absolute atomic E-state index is 12.0. The van der Waals surface area contributed by atoms with Crippen molar-refractivity contribution in [3.63, 3.8) is 0 Å². The molecule has 2 saturated heterocycles. The number of likely N-dealkylation sites (tertiary alicyclic amines) is 1. The van der Waals surface area contributed by atoms with E-state index in [4.69, 9.17) is 9.47 Å². The number of carbonyl (C=O) groups excluding carboxylic acids is 1. The number of benzene rings is 1. The first-order valence-corrected chi connectivity index (χ1v) is 11.8. The lowest BCUT2D eigenvalue weighted by Gasteiger charge is -2.23. The second-order valence-electron chi connectivity index (χ2n) is 8.77. The first-order chi connectivity index (χ1) is 15.3. The molecule has 32 heavy (non-hydrogen) atoms. The number of guanidine groups is 1. The van der Waals surface area contributed by atoms with E-state index in [1.807, 2.05) is 11.9 Å². The normalized spacial score (nSPS) is 22.9. The Labute approximate surface area is 208 Å². The summed E-state index contributed by atoms with van der Waals surface area (Å²) >= 11 is 0. The molecule has 1 N–H and O–H groups in total. The molecule has 1 aromatic rings. The number of para-hydroxylation sites is 1. The first-order valence-electron chi connectivity index (χ1n) is 11.8. The van der Waals surface area contributed by atoms with Gasteiger partial charge < -0.3 is 24.6 Å². The van der Waals surface area contributed by atoms with E-state index >= 15 is 0 Å². The topological polar surface area (TPSA) is 66.4 Å². The number of nitrogens with one attached hydrogen (secondary N) is 1. The molecule has 0 saturated carbocycles. The first kappa shape index (κ1) is 25.2. The van der Waals surface area contributed by atoms with Gasteiger partial charge in [0.25, 0.3) is 0 Å². The van der Waals surface area contributed by atoms with Gasteiger partial charge in [0.2, 0.25) is 5.91 Å². The molecule has 4 rings (SSSR count). The number of aliphatic imine (C=N–C) groups is 1. The fourth-order valence-electron chi connectivity index (χ4n) is 4.83. The third-order valence-electron chi connectivity index (χ3n) is 6.58. The molecule has 1 aromatic carbocycles. The molecule has 3 aliphatic heterocycles. The fourth-order valence-corrected chi connectivity index (χ4v) is 4.83. The standard InChI is InChI=1S/C24H36N4O3.HI/c1-25-24(26-11-5-14-30-17-19-10-15-31-18-19)28-16-20(21-6-2-3-7-22(21)28)9-13-27-12-4-8-23(27)29;/h2-3,6-7,19-20H,4-5,8-18H2,1H3,(H,25,26);1H. The van der Waals surface area contributed by atoms with E-state index in [0.29, 0.717) is 24.2 Å². The van der Waals surface area contributed by atoms with E-state index in [9.17, 15) is 4.79 Å². The number of halogens is 1. The summed E-state index contributed by atoms with van der Waals surface area (Å²) in [6.45, 7) is 6.76. The van der Waals surface area contributed by atoms with Crippen LogP contribution in [0.2, 0.25) is 0 Å². The predicted molar refractivity (Wildman–Crippen MR) is 138 cm³/mol. The Hall–Kier alpha value is -1.39. The third kappa shape index (κ3) is 6.35. The summed E-state index contributed by atoms with van der Waals surface area (Å²) in [5.41, 5.74) is 2.59. The Kier molecular flexibility index (Phi) is 10.1. The van der Waals surface area contributed by atoms with Crippen LogP contribution in [-0.4, -0.2) is 76.4 Å². The van der Waals surface area contributed by atoms with E-state index < -0.39 is 0 Å². The minimum atomic E-state index is 0. The quantitative estimate of drug-likeness (QED) is 0.219. The molecule has 0 aromatic heterocycles. The van der Waals surface area contributed by atoms with E-state index in [1.165, 1.54) is 11.3 Å². The average molecular weight is 556 g/mol. The van der Waals surface area contributed by atoms with Gasteiger partial charge in [-0.2, -0.15) is 0 Å². The number of amides is 1. The summed E-state index contributed by atoms with van der Waals surface area (Å²) in [5.74, 6) is 2.20. The number of anilines is 1. The summed E-state index contributed by atoms with van der Waals surface area (Å²) < 4.78 is 11.2. The highest BCUT2D eigenvalue weighted by molar-refractivity contribution is 14.0. The zero-order valence-electron chi connectivity index (χ0n) is 19.1. The fraction of sp³-hybridized carbons (Fsp3) is 0.667. The van der Waals surface area contributed by atoms with Crippen molar-refractivity contribution in [3.8, 4) is 0 Å². The molecule has 7 nitrogen and oxygen atoms in total. The van der Waals surface area contributed by atoms with E-state index in [2.05, 4.69) is 39.5 Å². The number of ether oxygens (including phenoxy) is 2. The van der Waals surface area contributed by atoms with Crippen LogP contribution in [0.3, 0.4) is 0 Å². The molecule has 3 aliphatic rings. The Balaban J connectivity index is 0.00000289. The van der Waals surface area contributed by atoms with Crippen molar-refractivity contribution in [1.82, 2.24) is 10.2 Å². The Morgan fingerprint density at radius 1 is 1.34 bits per heavy atom. The lowest BCUT2D eigenvalue weighted by atomic mass is 9.98. The number of hydrogen-bond acceptors (Lipinski definition) is 4.